The average molecular weight is 312 g/mol. The predicted molar refractivity (Wildman–Crippen MR) is 83.1 cm³/mol. The highest BCUT2D eigenvalue weighted by Gasteiger charge is 2.14. The van der Waals surface area contributed by atoms with Crippen molar-refractivity contribution >= 4 is 23.2 Å². The molecule has 0 aliphatic rings. The summed E-state index contributed by atoms with van der Waals surface area (Å²) >= 11 is 12.2. The van der Waals surface area contributed by atoms with Crippen molar-refractivity contribution in [3.63, 3.8) is 0 Å². The Kier molecular flexibility index (Phi) is 5.03. The Morgan fingerprint density at radius 3 is 2.60 bits per heavy atom. The van der Waals surface area contributed by atoms with Gasteiger partial charge in [-0.1, -0.05) is 47.5 Å². The zero-order valence-corrected chi connectivity index (χ0v) is 12.9. The zero-order valence-electron chi connectivity index (χ0n) is 11.4. The molecule has 106 valence electrons. The van der Waals surface area contributed by atoms with Gasteiger partial charge in [0.05, 0.1) is 5.02 Å². The first-order valence-electron chi connectivity index (χ1n) is 6.39. The van der Waals surface area contributed by atoms with Crippen molar-refractivity contribution in [2.75, 3.05) is 7.05 Å². The molecule has 0 spiro atoms. The van der Waals surface area contributed by atoms with Crippen LogP contribution in [0.5, 0.6) is 0 Å². The molecule has 2 aromatic carbocycles. The Morgan fingerprint density at radius 2 is 1.95 bits per heavy atom. The van der Waals surface area contributed by atoms with E-state index in [2.05, 4.69) is 5.32 Å². The zero-order chi connectivity index (χ0) is 14.7. The summed E-state index contributed by atoms with van der Waals surface area (Å²) in [5, 5.41) is 4.14. The fraction of sp³-hybridized carbons (Fsp3) is 0.250. The molecule has 0 radical (unpaired) electrons. The highest BCUT2D eigenvalue weighted by molar-refractivity contribution is 6.31. The van der Waals surface area contributed by atoms with E-state index < -0.39 is 0 Å². The van der Waals surface area contributed by atoms with Crippen LogP contribution < -0.4 is 5.32 Å². The van der Waals surface area contributed by atoms with E-state index in [9.17, 15) is 4.39 Å². The Labute approximate surface area is 128 Å². The largest absolute Gasteiger partial charge is 0.313 e. The number of hydrogen-bond donors (Lipinski definition) is 1. The molecule has 2 aromatic rings. The van der Waals surface area contributed by atoms with Gasteiger partial charge < -0.3 is 5.32 Å². The van der Waals surface area contributed by atoms with Gasteiger partial charge >= 0.3 is 0 Å². The highest BCUT2D eigenvalue weighted by Crippen LogP contribution is 2.27. The first kappa shape index (κ1) is 15.3. The molecule has 0 aromatic heterocycles. The number of benzene rings is 2. The highest BCUT2D eigenvalue weighted by atomic mass is 35.5. The second-order valence-electron chi connectivity index (χ2n) is 4.77. The van der Waals surface area contributed by atoms with Crippen molar-refractivity contribution in [3.8, 4) is 0 Å². The smallest absolute Gasteiger partial charge is 0.142 e. The maximum Gasteiger partial charge on any atom is 0.142 e. The SMILES string of the molecule is CNC(Cc1cccc(F)c1Cl)c1ccc(C)c(Cl)c1. The van der Waals surface area contributed by atoms with Crippen LogP contribution in [0.3, 0.4) is 0 Å². The lowest BCUT2D eigenvalue weighted by atomic mass is 9.98. The summed E-state index contributed by atoms with van der Waals surface area (Å²) in [6, 6.07) is 10.9. The van der Waals surface area contributed by atoms with Gasteiger partial charge in [0.25, 0.3) is 0 Å². The van der Waals surface area contributed by atoms with Gasteiger partial charge in [0.2, 0.25) is 0 Å². The number of rotatable bonds is 4. The second-order valence-corrected chi connectivity index (χ2v) is 5.55. The lowest BCUT2D eigenvalue weighted by molar-refractivity contribution is 0.584. The Bertz CT molecular complexity index is 613. The van der Waals surface area contributed by atoms with Crippen LogP contribution in [0.25, 0.3) is 0 Å². The van der Waals surface area contributed by atoms with Gasteiger partial charge in [0.15, 0.2) is 0 Å². The number of aryl methyl sites for hydroxylation is 1. The third-order valence-electron chi connectivity index (χ3n) is 3.40. The van der Waals surface area contributed by atoms with E-state index in [0.717, 1.165) is 21.7 Å². The lowest BCUT2D eigenvalue weighted by Gasteiger charge is -2.18. The molecule has 2 rings (SSSR count). The van der Waals surface area contributed by atoms with E-state index in [4.69, 9.17) is 23.2 Å². The molecule has 0 aliphatic heterocycles. The quantitative estimate of drug-likeness (QED) is 0.843. The topological polar surface area (TPSA) is 12.0 Å². The van der Waals surface area contributed by atoms with Gasteiger partial charge in [-0.05, 0) is 49.2 Å². The van der Waals surface area contributed by atoms with Crippen LogP contribution in [-0.2, 0) is 6.42 Å². The minimum atomic E-state index is -0.388. The normalized spacial score (nSPS) is 12.4. The lowest BCUT2D eigenvalue weighted by Crippen LogP contribution is -2.19. The van der Waals surface area contributed by atoms with Crippen LogP contribution in [-0.4, -0.2) is 7.05 Å². The first-order valence-corrected chi connectivity index (χ1v) is 7.14. The average Bonchev–Trinajstić information content (AvgIpc) is 2.44. The summed E-state index contributed by atoms with van der Waals surface area (Å²) in [4.78, 5) is 0. The van der Waals surface area contributed by atoms with E-state index in [-0.39, 0.29) is 16.9 Å². The van der Waals surface area contributed by atoms with Crippen LogP contribution >= 0.6 is 23.2 Å². The van der Waals surface area contributed by atoms with E-state index in [1.807, 2.05) is 38.2 Å². The van der Waals surface area contributed by atoms with Crippen molar-refractivity contribution < 1.29 is 4.39 Å². The Morgan fingerprint density at radius 1 is 1.20 bits per heavy atom. The number of nitrogens with one attached hydrogen (secondary N) is 1. The van der Waals surface area contributed by atoms with Gasteiger partial charge in [-0.15, -0.1) is 0 Å². The van der Waals surface area contributed by atoms with Crippen LogP contribution in [0.1, 0.15) is 22.7 Å². The van der Waals surface area contributed by atoms with Crippen LogP contribution in [0.4, 0.5) is 4.39 Å². The van der Waals surface area contributed by atoms with Crippen molar-refractivity contribution in [1.82, 2.24) is 5.32 Å². The molecule has 1 unspecified atom stereocenters. The summed E-state index contributed by atoms with van der Waals surface area (Å²) in [7, 11) is 1.87. The maximum absolute atomic E-state index is 13.5. The van der Waals surface area contributed by atoms with Gasteiger partial charge in [-0.2, -0.15) is 0 Å². The third kappa shape index (κ3) is 3.32. The number of halogens is 3. The minimum Gasteiger partial charge on any atom is -0.313 e. The molecule has 0 fully saturated rings. The van der Waals surface area contributed by atoms with Crippen molar-refractivity contribution in [2.24, 2.45) is 0 Å². The summed E-state index contributed by atoms with van der Waals surface area (Å²) < 4.78 is 13.5. The molecule has 1 atom stereocenters. The van der Waals surface area contributed by atoms with E-state index >= 15 is 0 Å². The molecular weight excluding hydrogens is 296 g/mol. The number of likely N-dealkylation sites (N-methyl/N-ethyl adjacent to an activating group) is 1. The van der Waals surface area contributed by atoms with Crippen LogP contribution in [0, 0.1) is 12.7 Å². The monoisotopic (exact) mass is 311 g/mol. The molecule has 20 heavy (non-hydrogen) atoms. The van der Waals surface area contributed by atoms with Crippen LogP contribution in [0.2, 0.25) is 10.0 Å². The summed E-state index contributed by atoms with van der Waals surface area (Å²) in [5.41, 5.74) is 2.88. The molecule has 4 heteroatoms. The van der Waals surface area contributed by atoms with Gasteiger partial charge in [-0.25, -0.2) is 4.39 Å². The Hall–Kier alpha value is -1.09. The third-order valence-corrected chi connectivity index (χ3v) is 4.23. The molecular formula is C16H16Cl2FN. The molecule has 1 N–H and O–H groups in total. The molecule has 1 nitrogen and oxygen atoms in total. The predicted octanol–water partition coefficient (Wildman–Crippen LogP) is 4.94. The first-order chi connectivity index (χ1) is 9.52. The molecule has 0 aliphatic carbocycles. The molecule has 0 saturated heterocycles. The van der Waals surface area contributed by atoms with E-state index in [1.165, 1.54) is 6.07 Å². The molecule has 0 saturated carbocycles. The molecule has 0 bridgehead atoms. The van der Waals surface area contributed by atoms with Crippen molar-refractivity contribution in [2.45, 2.75) is 19.4 Å². The van der Waals surface area contributed by atoms with Crippen molar-refractivity contribution in [3.05, 3.63) is 69.0 Å². The van der Waals surface area contributed by atoms with Crippen molar-refractivity contribution in [1.29, 1.82) is 0 Å². The summed E-state index contributed by atoms with van der Waals surface area (Å²) in [5.74, 6) is -0.388. The van der Waals surface area contributed by atoms with E-state index in [1.54, 1.807) is 6.07 Å². The van der Waals surface area contributed by atoms with Gasteiger partial charge in [0.1, 0.15) is 5.82 Å². The Balaban J connectivity index is 2.28. The van der Waals surface area contributed by atoms with E-state index in [0.29, 0.717) is 6.42 Å². The van der Waals surface area contributed by atoms with Gasteiger partial charge in [-0.3, -0.25) is 0 Å². The second kappa shape index (κ2) is 6.57. The molecule has 0 amide bonds. The fourth-order valence-corrected chi connectivity index (χ4v) is 2.53. The summed E-state index contributed by atoms with van der Waals surface area (Å²) in [6.45, 7) is 1.96. The standard InChI is InChI=1S/C16H16Cl2FN/c1-10-6-7-11(8-13(10)17)15(20-2)9-12-4-3-5-14(19)16(12)18/h3-8,15,20H,9H2,1-2H3. The molecule has 0 heterocycles. The fourth-order valence-electron chi connectivity index (χ4n) is 2.14. The number of hydrogen-bond acceptors (Lipinski definition) is 1. The van der Waals surface area contributed by atoms with Gasteiger partial charge in [0, 0.05) is 11.1 Å². The minimum absolute atomic E-state index is 0.0346. The van der Waals surface area contributed by atoms with Crippen LogP contribution in [0.15, 0.2) is 36.4 Å². The maximum atomic E-state index is 13.5. The summed E-state index contributed by atoms with van der Waals surface area (Å²) in [6.07, 6.45) is 0.604.